The van der Waals surface area contributed by atoms with E-state index in [4.69, 9.17) is 4.74 Å². The van der Waals surface area contributed by atoms with Gasteiger partial charge in [-0.15, -0.1) is 0 Å². The predicted molar refractivity (Wildman–Crippen MR) is 78.1 cm³/mol. The van der Waals surface area contributed by atoms with Crippen LogP contribution in [0.2, 0.25) is 0 Å². The number of H-pyrrole nitrogens is 1. The van der Waals surface area contributed by atoms with Gasteiger partial charge in [0, 0.05) is 20.2 Å². The fraction of sp³-hybridized carbons (Fsp3) is 0.615. The first kappa shape index (κ1) is 13.1. The average molecular weight is 276 g/mol. The Bertz CT molecular complexity index is 598. The lowest BCUT2D eigenvalue weighted by atomic mass is 10.1. The van der Waals surface area contributed by atoms with Crippen LogP contribution < -0.4 is 10.2 Å². The molecule has 0 aliphatic carbocycles. The molecule has 0 spiro atoms. The van der Waals surface area contributed by atoms with Gasteiger partial charge in [0.25, 0.3) is 0 Å². The van der Waals surface area contributed by atoms with E-state index in [-0.39, 0.29) is 6.10 Å². The van der Waals surface area contributed by atoms with Crippen LogP contribution in [-0.4, -0.2) is 52.3 Å². The molecule has 3 heterocycles. The van der Waals surface area contributed by atoms with Crippen molar-refractivity contribution in [2.75, 3.05) is 30.4 Å². The standard InChI is InChI=1S/C13H20N6O/c1-4-14-13-17-11-10(15-7-16-11)12(18-13)19(3)9-5-6-20-8(9)2/h7-9H,4-6H2,1-3H3,(H2,14,15,16,17,18). The minimum Gasteiger partial charge on any atom is -0.376 e. The molecule has 0 aromatic carbocycles. The number of aromatic nitrogens is 4. The zero-order chi connectivity index (χ0) is 14.1. The number of fused-ring (bicyclic) bond motifs is 1. The fourth-order valence-corrected chi connectivity index (χ4v) is 2.70. The van der Waals surface area contributed by atoms with Crippen LogP contribution >= 0.6 is 0 Å². The summed E-state index contributed by atoms with van der Waals surface area (Å²) in [4.78, 5) is 18.6. The fourth-order valence-electron chi connectivity index (χ4n) is 2.70. The first-order valence-corrected chi connectivity index (χ1v) is 7.00. The number of nitrogens with zero attached hydrogens (tertiary/aromatic N) is 4. The second-order valence-corrected chi connectivity index (χ2v) is 5.05. The summed E-state index contributed by atoms with van der Waals surface area (Å²) in [6.45, 7) is 5.70. The number of hydrogen-bond acceptors (Lipinski definition) is 6. The van der Waals surface area contributed by atoms with Gasteiger partial charge in [-0.2, -0.15) is 9.97 Å². The number of rotatable bonds is 4. The first-order valence-electron chi connectivity index (χ1n) is 7.00. The van der Waals surface area contributed by atoms with Gasteiger partial charge >= 0.3 is 0 Å². The Kier molecular flexibility index (Phi) is 3.43. The highest BCUT2D eigenvalue weighted by molar-refractivity contribution is 5.84. The summed E-state index contributed by atoms with van der Waals surface area (Å²) in [5, 5.41) is 3.15. The quantitative estimate of drug-likeness (QED) is 0.878. The van der Waals surface area contributed by atoms with Crippen LogP contribution in [0.4, 0.5) is 11.8 Å². The van der Waals surface area contributed by atoms with Crippen molar-refractivity contribution in [3.63, 3.8) is 0 Å². The molecule has 1 aliphatic heterocycles. The Morgan fingerprint density at radius 3 is 3.05 bits per heavy atom. The molecule has 2 aromatic heterocycles. The predicted octanol–water partition coefficient (Wildman–Crippen LogP) is 1.40. The molecule has 2 atom stereocenters. The molecular formula is C13H20N6O. The number of likely N-dealkylation sites (N-methyl/N-ethyl adjacent to an activating group) is 1. The monoisotopic (exact) mass is 276 g/mol. The summed E-state index contributed by atoms with van der Waals surface area (Å²) < 4.78 is 5.65. The number of nitrogens with one attached hydrogen (secondary N) is 2. The van der Waals surface area contributed by atoms with E-state index in [9.17, 15) is 0 Å². The van der Waals surface area contributed by atoms with Gasteiger partial charge in [0.05, 0.1) is 18.5 Å². The molecule has 108 valence electrons. The molecule has 1 saturated heterocycles. The van der Waals surface area contributed by atoms with E-state index < -0.39 is 0 Å². The van der Waals surface area contributed by atoms with Crippen LogP contribution in [0.25, 0.3) is 11.2 Å². The van der Waals surface area contributed by atoms with Gasteiger partial charge in [0.1, 0.15) is 5.52 Å². The molecule has 7 nitrogen and oxygen atoms in total. The third kappa shape index (κ3) is 2.18. The first-order chi connectivity index (χ1) is 9.70. The van der Waals surface area contributed by atoms with Crippen molar-refractivity contribution in [1.82, 2.24) is 19.9 Å². The van der Waals surface area contributed by atoms with E-state index in [0.29, 0.717) is 17.6 Å². The van der Waals surface area contributed by atoms with Gasteiger partial charge in [0.2, 0.25) is 5.95 Å². The maximum Gasteiger partial charge on any atom is 0.226 e. The average Bonchev–Trinajstić information content (AvgIpc) is 3.05. The Balaban J connectivity index is 2.02. The van der Waals surface area contributed by atoms with E-state index in [2.05, 4.69) is 37.1 Å². The minimum absolute atomic E-state index is 0.204. The zero-order valence-electron chi connectivity index (χ0n) is 12.1. The molecule has 2 aromatic rings. The van der Waals surface area contributed by atoms with Gasteiger partial charge in [-0.1, -0.05) is 0 Å². The zero-order valence-corrected chi connectivity index (χ0v) is 12.1. The summed E-state index contributed by atoms with van der Waals surface area (Å²) in [6, 6.07) is 0.325. The molecule has 0 bridgehead atoms. The van der Waals surface area contributed by atoms with Gasteiger partial charge in [-0.25, -0.2) is 4.98 Å². The molecule has 0 saturated carbocycles. The molecule has 2 N–H and O–H groups in total. The topological polar surface area (TPSA) is 79.0 Å². The normalized spacial score (nSPS) is 22.4. The number of imidazole rings is 1. The van der Waals surface area contributed by atoms with Crippen LogP contribution in [0.5, 0.6) is 0 Å². The molecule has 3 rings (SSSR count). The Labute approximate surface area is 117 Å². The molecular weight excluding hydrogens is 256 g/mol. The third-order valence-electron chi connectivity index (χ3n) is 3.77. The highest BCUT2D eigenvalue weighted by atomic mass is 16.5. The molecule has 1 aliphatic rings. The summed E-state index contributed by atoms with van der Waals surface area (Å²) >= 11 is 0. The van der Waals surface area contributed by atoms with Gasteiger partial charge < -0.3 is 19.9 Å². The molecule has 0 amide bonds. The number of hydrogen-bond donors (Lipinski definition) is 2. The SMILES string of the molecule is CCNc1nc(N(C)C2CCOC2C)c2[nH]cnc2n1. The van der Waals surface area contributed by atoms with E-state index in [1.165, 1.54) is 0 Å². The van der Waals surface area contributed by atoms with Crippen molar-refractivity contribution in [1.29, 1.82) is 0 Å². The van der Waals surface area contributed by atoms with Crippen LogP contribution in [-0.2, 0) is 4.74 Å². The number of anilines is 2. The van der Waals surface area contributed by atoms with Crippen molar-refractivity contribution in [2.24, 2.45) is 0 Å². The van der Waals surface area contributed by atoms with Gasteiger partial charge in [-0.3, -0.25) is 0 Å². The maximum absolute atomic E-state index is 5.65. The smallest absolute Gasteiger partial charge is 0.226 e. The second-order valence-electron chi connectivity index (χ2n) is 5.05. The van der Waals surface area contributed by atoms with Crippen molar-refractivity contribution < 1.29 is 4.74 Å². The third-order valence-corrected chi connectivity index (χ3v) is 3.77. The van der Waals surface area contributed by atoms with Crippen LogP contribution in [0.1, 0.15) is 20.3 Å². The van der Waals surface area contributed by atoms with E-state index in [1.807, 2.05) is 14.0 Å². The van der Waals surface area contributed by atoms with Gasteiger partial charge in [0.15, 0.2) is 11.5 Å². The van der Waals surface area contributed by atoms with E-state index in [0.717, 1.165) is 30.9 Å². The Hall–Kier alpha value is -1.89. The largest absolute Gasteiger partial charge is 0.376 e. The second kappa shape index (κ2) is 5.24. The number of ether oxygens (including phenoxy) is 1. The minimum atomic E-state index is 0.204. The molecule has 20 heavy (non-hydrogen) atoms. The Morgan fingerprint density at radius 2 is 2.35 bits per heavy atom. The van der Waals surface area contributed by atoms with Crippen LogP contribution in [0, 0.1) is 0 Å². The lowest BCUT2D eigenvalue weighted by molar-refractivity contribution is 0.118. The van der Waals surface area contributed by atoms with Crippen LogP contribution in [0.3, 0.4) is 0 Å². The molecule has 2 unspecified atom stereocenters. The van der Waals surface area contributed by atoms with E-state index >= 15 is 0 Å². The van der Waals surface area contributed by atoms with Crippen molar-refractivity contribution in [3.05, 3.63) is 6.33 Å². The van der Waals surface area contributed by atoms with E-state index in [1.54, 1.807) is 6.33 Å². The molecule has 1 fully saturated rings. The number of aromatic amines is 1. The molecule has 7 heteroatoms. The summed E-state index contributed by atoms with van der Waals surface area (Å²) in [7, 11) is 2.05. The highest BCUT2D eigenvalue weighted by Crippen LogP contribution is 2.27. The summed E-state index contributed by atoms with van der Waals surface area (Å²) in [5.74, 6) is 1.48. The van der Waals surface area contributed by atoms with Gasteiger partial charge in [-0.05, 0) is 20.3 Å². The maximum atomic E-state index is 5.65. The van der Waals surface area contributed by atoms with Crippen molar-refractivity contribution in [3.8, 4) is 0 Å². The van der Waals surface area contributed by atoms with Crippen molar-refractivity contribution >= 4 is 22.9 Å². The lowest BCUT2D eigenvalue weighted by Gasteiger charge is -2.28. The van der Waals surface area contributed by atoms with Crippen LogP contribution in [0.15, 0.2) is 6.33 Å². The summed E-state index contributed by atoms with van der Waals surface area (Å²) in [6.07, 6.45) is 2.87. The molecule has 0 radical (unpaired) electrons. The summed E-state index contributed by atoms with van der Waals surface area (Å²) in [5.41, 5.74) is 1.55. The Morgan fingerprint density at radius 1 is 1.50 bits per heavy atom. The lowest BCUT2D eigenvalue weighted by Crippen LogP contribution is -2.37. The van der Waals surface area contributed by atoms with Crippen molar-refractivity contribution in [2.45, 2.75) is 32.4 Å². The highest BCUT2D eigenvalue weighted by Gasteiger charge is 2.30.